The molecule has 0 aliphatic carbocycles. The number of carbonyl (C=O) groups excluding carboxylic acids is 1. The van der Waals surface area contributed by atoms with E-state index in [2.05, 4.69) is 10.2 Å². The molecule has 2 aromatic carbocycles. The van der Waals surface area contributed by atoms with Crippen LogP contribution in [0.25, 0.3) is 0 Å². The largest absolute Gasteiger partial charge is 0.416 e. The van der Waals surface area contributed by atoms with E-state index in [0.29, 0.717) is 25.0 Å². The number of hydrogen-bond donors (Lipinski definition) is 1. The molecule has 2 aromatic rings. The van der Waals surface area contributed by atoms with Crippen molar-refractivity contribution in [3.63, 3.8) is 0 Å². The zero-order valence-electron chi connectivity index (χ0n) is 19.5. The van der Waals surface area contributed by atoms with Crippen LogP contribution in [-0.2, 0) is 22.3 Å². The summed E-state index contributed by atoms with van der Waals surface area (Å²) in [4.78, 5) is 15.1. The average molecular weight is 497 g/mol. The van der Waals surface area contributed by atoms with Gasteiger partial charge in [-0.3, -0.25) is 9.69 Å². The number of ether oxygens (including phenoxy) is 1. The standard InChI is InChI=1S/C26H29F5N2O2/c1-25(24(34)32-15-17-12-20(26(29,30)31)14-22(28)13-17)9-6-23(16-35-25)33-10-7-19(8-11-33)18-2-4-21(27)5-3-18/h2-5,12-14,19,23H,6-11,15-16H2,1H3,(H,32,34)/t23-,25-/m1/s1. The SMILES string of the molecule is C[C@]1(C(=O)NCc2cc(F)cc(C(F)(F)F)c2)CC[C@@H](N2CCC(c3ccc(F)cc3)CC2)CO1. The molecular weight excluding hydrogens is 467 g/mol. The van der Waals surface area contributed by atoms with E-state index < -0.39 is 29.1 Å². The molecule has 35 heavy (non-hydrogen) atoms. The fourth-order valence-corrected chi connectivity index (χ4v) is 4.96. The number of likely N-dealkylation sites (tertiary alicyclic amines) is 1. The van der Waals surface area contributed by atoms with Crippen LogP contribution in [0.2, 0.25) is 0 Å². The van der Waals surface area contributed by atoms with E-state index in [0.717, 1.165) is 50.0 Å². The smallest absolute Gasteiger partial charge is 0.364 e. The number of amides is 1. The number of alkyl halides is 3. The monoisotopic (exact) mass is 496 g/mol. The molecule has 9 heteroatoms. The molecule has 4 rings (SSSR count). The summed E-state index contributed by atoms with van der Waals surface area (Å²) in [6.07, 6.45) is -1.51. The Labute approximate surface area is 201 Å². The average Bonchev–Trinajstić information content (AvgIpc) is 2.83. The Bertz CT molecular complexity index is 1030. The van der Waals surface area contributed by atoms with Gasteiger partial charge in [-0.1, -0.05) is 12.1 Å². The number of hydrogen-bond acceptors (Lipinski definition) is 3. The van der Waals surface area contributed by atoms with E-state index in [1.54, 1.807) is 6.92 Å². The summed E-state index contributed by atoms with van der Waals surface area (Å²) in [6, 6.07) is 9.10. The predicted molar refractivity (Wildman–Crippen MR) is 121 cm³/mol. The van der Waals surface area contributed by atoms with Gasteiger partial charge in [0.05, 0.1) is 12.2 Å². The Hall–Kier alpha value is -2.52. The van der Waals surface area contributed by atoms with Gasteiger partial charge in [0.1, 0.15) is 17.2 Å². The third-order valence-corrected chi connectivity index (χ3v) is 7.15. The van der Waals surface area contributed by atoms with E-state index in [1.165, 1.54) is 12.1 Å². The van der Waals surface area contributed by atoms with Crippen LogP contribution in [-0.4, -0.2) is 42.1 Å². The van der Waals surface area contributed by atoms with Crippen molar-refractivity contribution in [1.29, 1.82) is 0 Å². The number of rotatable bonds is 5. The summed E-state index contributed by atoms with van der Waals surface area (Å²) in [5, 5.41) is 2.60. The third kappa shape index (κ3) is 6.19. The fourth-order valence-electron chi connectivity index (χ4n) is 4.96. The number of benzene rings is 2. The molecule has 2 aliphatic heterocycles. The first-order valence-corrected chi connectivity index (χ1v) is 11.8. The Kier molecular flexibility index (Phi) is 7.47. The summed E-state index contributed by atoms with van der Waals surface area (Å²) in [6.45, 7) is 3.61. The van der Waals surface area contributed by atoms with Crippen LogP contribution < -0.4 is 5.32 Å². The van der Waals surface area contributed by atoms with E-state index >= 15 is 0 Å². The first-order chi connectivity index (χ1) is 16.5. The predicted octanol–water partition coefficient (Wildman–Crippen LogP) is 5.42. The summed E-state index contributed by atoms with van der Waals surface area (Å²) in [5.74, 6) is -1.27. The molecule has 1 amide bonds. The molecule has 2 atom stereocenters. The van der Waals surface area contributed by atoms with Gasteiger partial charge in [-0.05, 0) is 93.1 Å². The quantitative estimate of drug-likeness (QED) is 0.563. The Morgan fingerprint density at radius 3 is 2.34 bits per heavy atom. The Morgan fingerprint density at radius 2 is 1.74 bits per heavy atom. The normalized spacial score (nSPS) is 24.3. The molecule has 0 bridgehead atoms. The van der Waals surface area contributed by atoms with Crippen LogP contribution >= 0.6 is 0 Å². The minimum absolute atomic E-state index is 0.0342. The summed E-state index contributed by atoms with van der Waals surface area (Å²) < 4.78 is 71.5. The molecule has 4 nitrogen and oxygen atoms in total. The molecule has 1 N–H and O–H groups in total. The highest BCUT2D eigenvalue weighted by Crippen LogP contribution is 2.33. The van der Waals surface area contributed by atoms with E-state index in [1.807, 2.05) is 12.1 Å². The highest BCUT2D eigenvalue weighted by molar-refractivity contribution is 5.84. The summed E-state index contributed by atoms with van der Waals surface area (Å²) >= 11 is 0. The highest BCUT2D eigenvalue weighted by atomic mass is 19.4. The second kappa shape index (κ2) is 10.2. The molecule has 0 saturated carbocycles. The van der Waals surface area contributed by atoms with Gasteiger partial charge >= 0.3 is 6.18 Å². The molecule has 2 aliphatic rings. The second-order valence-electron chi connectivity index (χ2n) is 9.62. The lowest BCUT2D eigenvalue weighted by molar-refractivity contribution is -0.157. The van der Waals surface area contributed by atoms with Gasteiger partial charge in [0.2, 0.25) is 0 Å². The maximum atomic E-state index is 13.6. The lowest BCUT2D eigenvalue weighted by Gasteiger charge is -2.43. The second-order valence-corrected chi connectivity index (χ2v) is 9.62. The van der Waals surface area contributed by atoms with Crippen molar-refractivity contribution in [2.24, 2.45) is 0 Å². The van der Waals surface area contributed by atoms with Crippen molar-refractivity contribution >= 4 is 5.91 Å². The van der Waals surface area contributed by atoms with Gasteiger partial charge in [-0.15, -0.1) is 0 Å². The zero-order valence-corrected chi connectivity index (χ0v) is 19.5. The van der Waals surface area contributed by atoms with Crippen molar-refractivity contribution in [2.75, 3.05) is 19.7 Å². The minimum atomic E-state index is -4.66. The summed E-state index contributed by atoms with van der Waals surface area (Å²) in [5.41, 5.74) is -1.00. The van der Waals surface area contributed by atoms with Gasteiger partial charge < -0.3 is 10.1 Å². The lowest BCUT2D eigenvalue weighted by atomic mass is 9.87. The molecule has 0 spiro atoms. The van der Waals surface area contributed by atoms with Crippen LogP contribution in [0, 0.1) is 11.6 Å². The van der Waals surface area contributed by atoms with E-state index in [9.17, 15) is 26.7 Å². The Balaban J connectivity index is 1.26. The van der Waals surface area contributed by atoms with Gasteiger partial charge in [0.15, 0.2) is 0 Å². The third-order valence-electron chi connectivity index (χ3n) is 7.15. The van der Waals surface area contributed by atoms with Crippen LogP contribution in [0.3, 0.4) is 0 Å². The number of nitrogens with zero attached hydrogens (tertiary/aromatic N) is 1. The number of piperidine rings is 1. The van der Waals surface area contributed by atoms with Crippen LogP contribution in [0.5, 0.6) is 0 Å². The molecule has 0 unspecified atom stereocenters. The number of halogens is 5. The van der Waals surface area contributed by atoms with Crippen LogP contribution in [0.15, 0.2) is 42.5 Å². The first-order valence-electron chi connectivity index (χ1n) is 11.8. The van der Waals surface area contributed by atoms with Gasteiger partial charge in [-0.2, -0.15) is 13.2 Å². The topological polar surface area (TPSA) is 41.6 Å². The van der Waals surface area contributed by atoms with E-state index in [-0.39, 0.29) is 24.0 Å². The molecular formula is C26H29F5N2O2. The van der Waals surface area contributed by atoms with Crippen molar-refractivity contribution in [3.05, 3.63) is 70.8 Å². The summed E-state index contributed by atoms with van der Waals surface area (Å²) in [7, 11) is 0. The number of carbonyl (C=O) groups is 1. The maximum Gasteiger partial charge on any atom is 0.416 e. The lowest BCUT2D eigenvalue weighted by Crippen LogP contribution is -2.54. The van der Waals surface area contributed by atoms with Gasteiger partial charge in [-0.25, -0.2) is 8.78 Å². The van der Waals surface area contributed by atoms with Crippen molar-refractivity contribution in [2.45, 2.75) is 62.9 Å². The highest BCUT2D eigenvalue weighted by Gasteiger charge is 2.41. The number of nitrogens with one attached hydrogen (secondary N) is 1. The molecule has 0 aromatic heterocycles. The van der Waals surface area contributed by atoms with E-state index in [4.69, 9.17) is 4.74 Å². The fraction of sp³-hybridized carbons (Fsp3) is 0.500. The van der Waals surface area contributed by atoms with Crippen LogP contribution in [0.1, 0.15) is 55.2 Å². The first kappa shape index (κ1) is 25.6. The Morgan fingerprint density at radius 1 is 1.06 bits per heavy atom. The van der Waals surface area contributed by atoms with Crippen molar-refractivity contribution in [3.8, 4) is 0 Å². The minimum Gasteiger partial charge on any atom is -0.364 e. The molecule has 190 valence electrons. The van der Waals surface area contributed by atoms with Crippen molar-refractivity contribution < 1.29 is 31.5 Å². The van der Waals surface area contributed by atoms with Gasteiger partial charge in [0.25, 0.3) is 5.91 Å². The maximum absolute atomic E-state index is 13.6. The zero-order chi connectivity index (χ0) is 25.2. The molecule has 0 radical (unpaired) electrons. The molecule has 2 fully saturated rings. The van der Waals surface area contributed by atoms with Gasteiger partial charge in [0, 0.05) is 12.6 Å². The van der Waals surface area contributed by atoms with Crippen LogP contribution in [0.4, 0.5) is 22.0 Å². The van der Waals surface area contributed by atoms with Crippen molar-refractivity contribution in [1.82, 2.24) is 10.2 Å². The molecule has 2 heterocycles. The molecule has 2 saturated heterocycles.